The molecule has 0 aromatic heterocycles. The first-order chi connectivity index (χ1) is 11.3. The monoisotopic (exact) mass is 358 g/mol. The minimum absolute atomic E-state index is 1.11. The lowest BCUT2D eigenvalue weighted by Crippen LogP contribution is -1.81. The number of rotatable bonds is 2. The van der Waals surface area contributed by atoms with Gasteiger partial charge in [0.2, 0.25) is 0 Å². The van der Waals surface area contributed by atoms with Crippen LogP contribution < -0.4 is 0 Å². The summed E-state index contributed by atoms with van der Waals surface area (Å²) in [6, 6.07) is 32.2. The van der Waals surface area contributed by atoms with Crippen LogP contribution in [0.25, 0.3) is 33.0 Å². The summed E-state index contributed by atoms with van der Waals surface area (Å²) in [7, 11) is 0. The Labute approximate surface area is 144 Å². The molecule has 0 amide bonds. The zero-order valence-corrected chi connectivity index (χ0v) is 14.1. The minimum Gasteiger partial charge on any atom is -0.0622 e. The topological polar surface area (TPSA) is 0 Å². The molecule has 4 rings (SSSR count). The lowest BCUT2D eigenvalue weighted by molar-refractivity contribution is 1.60. The Morgan fingerprint density at radius 2 is 1.00 bits per heavy atom. The van der Waals surface area contributed by atoms with E-state index >= 15 is 0 Å². The van der Waals surface area contributed by atoms with Gasteiger partial charge in [-0.1, -0.05) is 82.7 Å². The molecule has 110 valence electrons. The summed E-state index contributed by atoms with van der Waals surface area (Å²) in [6.45, 7) is 0. The van der Waals surface area contributed by atoms with Gasteiger partial charge in [-0.05, 0) is 57.3 Å². The van der Waals surface area contributed by atoms with Crippen molar-refractivity contribution < 1.29 is 0 Å². The largest absolute Gasteiger partial charge is 0.0622 e. The molecule has 0 spiro atoms. The maximum absolute atomic E-state index is 3.54. The molecule has 1 heteroatoms. The van der Waals surface area contributed by atoms with Gasteiger partial charge in [0, 0.05) is 4.47 Å². The van der Waals surface area contributed by atoms with Crippen LogP contribution in [0.1, 0.15) is 0 Å². The van der Waals surface area contributed by atoms with E-state index < -0.39 is 0 Å². The molecule has 0 atom stereocenters. The molecule has 0 aliphatic heterocycles. The van der Waals surface area contributed by atoms with Gasteiger partial charge in [-0.2, -0.15) is 0 Å². The fourth-order valence-corrected chi connectivity index (χ4v) is 3.30. The van der Waals surface area contributed by atoms with Crippen LogP contribution >= 0.6 is 15.9 Å². The van der Waals surface area contributed by atoms with Crippen molar-refractivity contribution in [3.05, 3.63) is 95.5 Å². The van der Waals surface area contributed by atoms with Crippen LogP contribution in [0.15, 0.2) is 95.5 Å². The average molecular weight is 359 g/mol. The molecule has 0 bridgehead atoms. The van der Waals surface area contributed by atoms with E-state index in [1.807, 2.05) is 0 Å². The standard InChI is InChI=1S/C22H15Br/c23-22-8-4-7-17(15-22)19-11-12-20-13-18(9-10-21(20)14-19)16-5-2-1-3-6-16/h1-15H. The second-order valence-electron chi connectivity index (χ2n) is 5.65. The fourth-order valence-electron chi connectivity index (χ4n) is 2.90. The minimum atomic E-state index is 1.11. The molecule has 0 aliphatic rings. The summed E-state index contributed by atoms with van der Waals surface area (Å²) < 4.78 is 1.11. The second-order valence-corrected chi connectivity index (χ2v) is 6.57. The Bertz CT molecular complexity index is 971. The van der Waals surface area contributed by atoms with Gasteiger partial charge in [0.25, 0.3) is 0 Å². The van der Waals surface area contributed by atoms with Crippen molar-refractivity contribution in [3.8, 4) is 22.3 Å². The molecule has 23 heavy (non-hydrogen) atoms. The Kier molecular flexibility index (Phi) is 3.72. The van der Waals surface area contributed by atoms with Gasteiger partial charge in [-0.3, -0.25) is 0 Å². The zero-order chi connectivity index (χ0) is 15.6. The van der Waals surface area contributed by atoms with Crippen LogP contribution in [0.4, 0.5) is 0 Å². The zero-order valence-electron chi connectivity index (χ0n) is 12.5. The smallest absolute Gasteiger partial charge is 0.0181 e. The maximum Gasteiger partial charge on any atom is 0.0181 e. The molecule has 0 N–H and O–H groups in total. The predicted molar refractivity (Wildman–Crippen MR) is 103 cm³/mol. The molecule has 0 radical (unpaired) electrons. The predicted octanol–water partition coefficient (Wildman–Crippen LogP) is 6.94. The molecule has 0 heterocycles. The molecule has 0 aliphatic carbocycles. The Hall–Kier alpha value is -2.38. The third kappa shape index (κ3) is 2.93. The van der Waals surface area contributed by atoms with Crippen LogP contribution in [0, 0.1) is 0 Å². The number of halogens is 1. The normalized spacial score (nSPS) is 10.8. The van der Waals surface area contributed by atoms with Gasteiger partial charge < -0.3 is 0 Å². The number of hydrogen-bond acceptors (Lipinski definition) is 0. The van der Waals surface area contributed by atoms with Gasteiger partial charge >= 0.3 is 0 Å². The van der Waals surface area contributed by atoms with Gasteiger partial charge in [0.1, 0.15) is 0 Å². The van der Waals surface area contributed by atoms with E-state index in [2.05, 4.69) is 107 Å². The third-order valence-corrected chi connectivity index (χ3v) is 4.60. The first-order valence-electron chi connectivity index (χ1n) is 7.65. The molecular formula is C22H15Br. The molecule has 4 aromatic carbocycles. The highest BCUT2D eigenvalue weighted by Gasteiger charge is 2.03. The van der Waals surface area contributed by atoms with Crippen molar-refractivity contribution in [1.82, 2.24) is 0 Å². The van der Waals surface area contributed by atoms with Crippen molar-refractivity contribution in [1.29, 1.82) is 0 Å². The number of hydrogen-bond donors (Lipinski definition) is 0. The summed E-state index contributed by atoms with van der Waals surface area (Å²) >= 11 is 3.54. The summed E-state index contributed by atoms with van der Waals surface area (Å²) in [6.07, 6.45) is 0. The summed E-state index contributed by atoms with van der Waals surface area (Å²) in [5, 5.41) is 2.53. The molecule has 0 saturated heterocycles. The Balaban J connectivity index is 1.79. The van der Waals surface area contributed by atoms with Crippen LogP contribution in [-0.2, 0) is 0 Å². The van der Waals surface area contributed by atoms with E-state index in [0.29, 0.717) is 0 Å². The number of fused-ring (bicyclic) bond motifs is 1. The SMILES string of the molecule is Brc1cccc(-c2ccc3cc(-c4ccccc4)ccc3c2)c1. The van der Waals surface area contributed by atoms with Crippen LogP contribution in [0.2, 0.25) is 0 Å². The number of benzene rings is 4. The molecule has 4 aromatic rings. The van der Waals surface area contributed by atoms with Gasteiger partial charge in [-0.15, -0.1) is 0 Å². The molecule has 0 unspecified atom stereocenters. The first kappa shape index (κ1) is 14.2. The summed E-state index contributed by atoms with van der Waals surface area (Å²) in [5.41, 5.74) is 4.98. The third-order valence-electron chi connectivity index (χ3n) is 4.11. The summed E-state index contributed by atoms with van der Waals surface area (Å²) in [4.78, 5) is 0. The Morgan fingerprint density at radius 1 is 0.435 bits per heavy atom. The van der Waals surface area contributed by atoms with E-state index in [1.54, 1.807) is 0 Å². The van der Waals surface area contributed by atoms with Crippen molar-refractivity contribution in [2.24, 2.45) is 0 Å². The van der Waals surface area contributed by atoms with Crippen molar-refractivity contribution in [3.63, 3.8) is 0 Å². The second kappa shape index (κ2) is 6.02. The van der Waals surface area contributed by atoms with E-state index in [1.165, 1.54) is 33.0 Å². The quantitative estimate of drug-likeness (QED) is 0.364. The fraction of sp³-hybridized carbons (Fsp3) is 0. The van der Waals surface area contributed by atoms with Gasteiger partial charge in [0.15, 0.2) is 0 Å². The summed E-state index contributed by atoms with van der Waals surface area (Å²) in [5.74, 6) is 0. The highest BCUT2D eigenvalue weighted by molar-refractivity contribution is 9.10. The Morgan fingerprint density at radius 3 is 1.65 bits per heavy atom. The van der Waals surface area contributed by atoms with E-state index in [9.17, 15) is 0 Å². The van der Waals surface area contributed by atoms with Crippen LogP contribution in [0.3, 0.4) is 0 Å². The first-order valence-corrected chi connectivity index (χ1v) is 8.44. The maximum atomic E-state index is 3.54. The average Bonchev–Trinajstić information content (AvgIpc) is 2.61. The van der Waals surface area contributed by atoms with Gasteiger partial charge in [-0.25, -0.2) is 0 Å². The highest BCUT2D eigenvalue weighted by Crippen LogP contribution is 2.29. The van der Waals surface area contributed by atoms with Crippen LogP contribution in [0.5, 0.6) is 0 Å². The van der Waals surface area contributed by atoms with Crippen molar-refractivity contribution in [2.45, 2.75) is 0 Å². The molecule has 0 nitrogen and oxygen atoms in total. The van der Waals surface area contributed by atoms with E-state index in [4.69, 9.17) is 0 Å². The molecular weight excluding hydrogens is 344 g/mol. The van der Waals surface area contributed by atoms with Crippen molar-refractivity contribution in [2.75, 3.05) is 0 Å². The van der Waals surface area contributed by atoms with Gasteiger partial charge in [0.05, 0.1) is 0 Å². The van der Waals surface area contributed by atoms with Crippen LogP contribution in [-0.4, -0.2) is 0 Å². The molecule has 0 fully saturated rings. The lowest BCUT2D eigenvalue weighted by Gasteiger charge is -2.07. The van der Waals surface area contributed by atoms with E-state index in [-0.39, 0.29) is 0 Å². The van der Waals surface area contributed by atoms with E-state index in [0.717, 1.165) is 4.47 Å². The van der Waals surface area contributed by atoms with Crippen molar-refractivity contribution >= 4 is 26.7 Å². The lowest BCUT2D eigenvalue weighted by atomic mass is 9.98. The molecule has 0 saturated carbocycles. The highest BCUT2D eigenvalue weighted by atomic mass is 79.9.